The van der Waals surface area contributed by atoms with Crippen molar-refractivity contribution < 1.29 is 14.3 Å². The predicted octanol–water partition coefficient (Wildman–Crippen LogP) is 2.88. The van der Waals surface area contributed by atoms with Crippen LogP contribution in [0, 0.1) is 5.92 Å². The largest absolute Gasteiger partial charge is 0.493 e. The molecular weight excluding hydrogens is 334 g/mol. The maximum atomic E-state index is 12.4. The zero-order chi connectivity index (χ0) is 15.2. The molecule has 21 heavy (non-hydrogen) atoms. The van der Waals surface area contributed by atoms with Crippen molar-refractivity contribution >= 4 is 21.8 Å². The number of hydrogen-bond acceptors (Lipinski definition) is 3. The first-order chi connectivity index (χ1) is 10.2. The molecule has 1 aliphatic heterocycles. The van der Waals surface area contributed by atoms with E-state index < -0.39 is 0 Å². The molecule has 1 aromatic carbocycles. The van der Waals surface area contributed by atoms with Gasteiger partial charge in [-0.3, -0.25) is 4.79 Å². The lowest BCUT2D eigenvalue weighted by Crippen LogP contribution is -2.39. The standard InChI is InChI=1S/C16H22BrNO3/c1-20-14-4-3-13(9-15(14)21-2)10-16(19)18-7-5-12(11-17)6-8-18/h3-4,9,12H,5-8,10-11H2,1-2H3. The van der Waals surface area contributed by atoms with E-state index in [9.17, 15) is 4.79 Å². The Labute approximate surface area is 134 Å². The molecule has 1 saturated heterocycles. The molecule has 0 unspecified atom stereocenters. The number of halogens is 1. The molecule has 0 atom stereocenters. The van der Waals surface area contributed by atoms with Crippen molar-refractivity contribution in [2.24, 2.45) is 5.92 Å². The van der Waals surface area contributed by atoms with Crippen LogP contribution >= 0.6 is 15.9 Å². The number of methoxy groups -OCH3 is 2. The van der Waals surface area contributed by atoms with Gasteiger partial charge in [0, 0.05) is 18.4 Å². The van der Waals surface area contributed by atoms with E-state index in [1.54, 1.807) is 14.2 Å². The molecule has 116 valence electrons. The Morgan fingerprint density at radius 3 is 2.48 bits per heavy atom. The molecule has 5 heteroatoms. The molecule has 0 saturated carbocycles. The number of alkyl halides is 1. The SMILES string of the molecule is COc1ccc(CC(=O)N2CCC(CBr)CC2)cc1OC. The van der Waals surface area contributed by atoms with Gasteiger partial charge in [0.1, 0.15) is 0 Å². The van der Waals surface area contributed by atoms with Gasteiger partial charge in [-0.05, 0) is 36.5 Å². The first-order valence-electron chi connectivity index (χ1n) is 7.22. The van der Waals surface area contributed by atoms with Crippen molar-refractivity contribution in [2.75, 3.05) is 32.6 Å². The van der Waals surface area contributed by atoms with Crippen LogP contribution in [0.2, 0.25) is 0 Å². The third-order valence-electron chi connectivity index (χ3n) is 3.99. The van der Waals surface area contributed by atoms with Crippen LogP contribution < -0.4 is 9.47 Å². The van der Waals surface area contributed by atoms with Gasteiger partial charge >= 0.3 is 0 Å². The number of hydrogen-bond donors (Lipinski definition) is 0. The molecule has 0 radical (unpaired) electrons. The highest BCUT2D eigenvalue weighted by Crippen LogP contribution is 2.28. The number of carbonyl (C=O) groups excluding carboxylic acids is 1. The summed E-state index contributed by atoms with van der Waals surface area (Å²) in [5.41, 5.74) is 0.959. The topological polar surface area (TPSA) is 38.8 Å². The summed E-state index contributed by atoms with van der Waals surface area (Å²) >= 11 is 3.52. The zero-order valence-corrected chi connectivity index (χ0v) is 14.2. The molecule has 1 amide bonds. The second-order valence-electron chi connectivity index (χ2n) is 5.34. The summed E-state index contributed by atoms with van der Waals surface area (Å²) in [6.45, 7) is 1.73. The van der Waals surface area contributed by atoms with Gasteiger partial charge in [0.2, 0.25) is 5.91 Å². The Bertz CT molecular complexity index is 484. The summed E-state index contributed by atoms with van der Waals surface area (Å²) in [7, 11) is 3.21. The minimum absolute atomic E-state index is 0.190. The average molecular weight is 356 g/mol. The van der Waals surface area contributed by atoms with E-state index in [-0.39, 0.29) is 5.91 Å². The maximum absolute atomic E-state index is 12.4. The highest BCUT2D eigenvalue weighted by Gasteiger charge is 2.22. The van der Waals surface area contributed by atoms with Crippen LogP contribution in [0.4, 0.5) is 0 Å². The Kier molecular flexibility index (Phi) is 5.91. The fourth-order valence-electron chi connectivity index (χ4n) is 2.61. The predicted molar refractivity (Wildman–Crippen MR) is 86.3 cm³/mol. The molecule has 0 N–H and O–H groups in total. The summed E-state index contributed by atoms with van der Waals surface area (Å²) in [5, 5.41) is 1.03. The van der Waals surface area contributed by atoms with Crippen LogP contribution in [-0.4, -0.2) is 43.4 Å². The van der Waals surface area contributed by atoms with E-state index in [1.165, 1.54) is 0 Å². The number of rotatable bonds is 5. The van der Waals surface area contributed by atoms with E-state index in [0.29, 0.717) is 23.8 Å². The molecule has 0 bridgehead atoms. The van der Waals surface area contributed by atoms with Crippen molar-refractivity contribution in [3.63, 3.8) is 0 Å². The lowest BCUT2D eigenvalue weighted by molar-refractivity contribution is -0.131. The minimum Gasteiger partial charge on any atom is -0.493 e. The number of benzene rings is 1. The van der Waals surface area contributed by atoms with Crippen molar-refractivity contribution in [3.05, 3.63) is 23.8 Å². The summed E-state index contributed by atoms with van der Waals surface area (Å²) in [4.78, 5) is 14.3. The molecule has 0 aromatic heterocycles. The number of amides is 1. The summed E-state index contributed by atoms with van der Waals surface area (Å²) in [5.74, 6) is 2.25. The van der Waals surface area contributed by atoms with Crippen LogP contribution in [0.15, 0.2) is 18.2 Å². The second-order valence-corrected chi connectivity index (χ2v) is 5.99. The third-order valence-corrected chi connectivity index (χ3v) is 4.90. The first kappa shape index (κ1) is 16.1. The molecule has 2 rings (SSSR count). The van der Waals surface area contributed by atoms with E-state index in [2.05, 4.69) is 15.9 Å². The molecule has 1 heterocycles. The molecule has 1 aromatic rings. The number of piperidine rings is 1. The fourth-order valence-corrected chi connectivity index (χ4v) is 3.26. The second kappa shape index (κ2) is 7.69. The summed E-state index contributed by atoms with van der Waals surface area (Å²) in [6.07, 6.45) is 2.59. The highest BCUT2D eigenvalue weighted by molar-refractivity contribution is 9.09. The van der Waals surface area contributed by atoms with Crippen molar-refractivity contribution in [1.82, 2.24) is 4.90 Å². The van der Waals surface area contributed by atoms with Gasteiger partial charge < -0.3 is 14.4 Å². The van der Waals surface area contributed by atoms with Gasteiger partial charge in [-0.2, -0.15) is 0 Å². The van der Waals surface area contributed by atoms with Crippen molar-refractivity contribution in [2.45, 2.75) is 19.3 Å². The Morgan fingerprint density at radius 2 is 1.90 bits per heavy atom. The van der Waals surface area contributed by atoms with E-state index in [4.69, 9.17) is 9.47 Å². The van der Waals surface area contributed by atoms with Gasteiger partial charge in [-0.15, -0.1) is 0 Å². The highest BCUT2D eigenvalue weighted by atomic mass is 79.9. The van der Waals surface area contributed by atoms with Crippen LogP contribution in [-0.2, 0) is 11.2 Å². The molecule has 0 aliphatic carbocycles. The van der Waals surface area contributed by atoms with Crippen LogP contribution in [0.1, 0.15) is 18.4 Å². The van der Waals surface area contributed by atoms with Gasteiger partial charge in [0.25, 0.3) is 0 Å². The van der Waals surface area contributed by atoms with Crippen molar-refractivity contribution in [3.8, 4) is 11.5 Å². The van der Waals surface area contributed by atoms with Crippen LogP contribution in [0.25, 0.3) is 0 Å². The van der Waals surface area contributed by atoms with Crippen LogP contribution in [0.5, 0.6) is 11.5 Å². The van der Waals surface area contributed by atoms with Crippen molar-refractivity contribution in [1.29, 1.82) is 0 Å². The first-order valence-corrected chi connectivity index (χ1v) is 8.34. The third kappa shape index (κ3) is 4.13. The fraction of sp³-hybridized carbons (Fsp3) is 0.562. The molecule has 4 nitrogen and oxygen atoms in total. The number of ether oxygens (including phenoxy) is 2. The van der Waals surface area contributed by atoms with E-state index in [1.807, 2.05) is 23.1 Å². The van der Waals surface area contributed by atoms with Crippen LogP contribution in [0.3, 0.4) is 0 Å². The molecular formula is C16H22BrNO3. The Morgan fingerprint density at radius 1 is 1.24 bits per heavy atom. The average Bonchev–Trinajstić information content (AvgIpc) is 2.54. The number of nitrogens with zero attached hydrogens (tertiary/aromatic N) is 1. The van der Waals surface area contributed by atoms with Gasteiger partial charge in [0.15, 0.2) is 11.5 Å². The number of carbonyl (C=O) groups is 1. The Balaban J connectivity index is 1.96. The quantitative estimate of drug-likeness (QED) is 0.762. The summed E-state index contributed by atoms with van der Waals surface area (Å²) < 4.78 is 10.5. The Hall–Kier alpha value is -1.23. The monoisotopic (exact) mass is 355 g/mol. The van der Waals surface area contributed by atoms with Gasteiger partial charge in [-0.25, -0.2) is 0 Å². The molecule has 0 spiro atoms. The van der Waals surface area contributed by atoms with E-state index >= 15 is 0 Å². The van der Waals surface area contributed by atoms with Gasteiger partial charge in [0.05, 0.1) is 20.6 Å². The number of likely N-dealkylation sites (tertiary alicyclic amines) is 1. The lowest BCUT2D eigenvalue weighted by Gasteiger charge is -2.31. The lowest BCUT2D eigenvalue weighted by atomic mass is 9.98. The maximum Gasteiger partial charge on any atom is 0.226 e. The smallest absolute Gasteiger partial charge is 0.226 e. The van der Waals surface area contributed by atoms with Gasteiger partial charge in [-0.1, -0.05) is 22.0 Å². The summed E-state index contributed by atoms with van der Waals surface area (Å²) in [6, 6.07) is 5.64. The zero-order valence-electron chi connectivity index (χ0n) is 12.6. The van der Waals surface area contributed by atoms with E-state index in [0.717, 1.165) is 36.8 Å². The normalized spacial score (nSPS) is 15.9. The molecule has 1 aliphatic rings. The minimum atomic E-state index is 0.190. The molecule has 1 fully saturated rings.